The lowest BCUT2D eigenvalue weighted by atomic mass is 10.1. The molecule has 28 heavy (non-hydrogen) atoms. The molecule has 150 valence electrons. The van der Waals surface area contributed by atoms with Gasteiger partial charge in [0.2, 0.25) is 10.0 Å². The van der Waals surface area contributed by atoms with Crippen LogP contribution in [0.5, 0.6) is 0 Å². The van der Waals surface area contributed by atoms with Crippen molar-refractivity contribution in [1.82, 2.24) is 4.31 Å². The number of sulfonamides is 1. The molecule has 0 unspecified atom stereocenters. The molecule has 1 heterocycles. The number of carbonyl (C=O) groups excluding carboxylic acids is 1. The number of nitrogens with zero attached hydrogens (tertiary/aromatic N) is 1. The summed E-state index contributed by atoms with van der Waals surface area (Å²) in [4.78, 5) is 12.8. The van der Waals surface area contributed by atoms with Crippen LogP contribution in [0, 0.1) is 6.92 Å². The summed E-state index contributed by atoms with van der Waals surface area (Å²) in [5.74, 6) is -0.503. The summed E-state index contributed by atoms with van der Waals surface area (Å²) in [6, 6.07) is 7.31. The van der Waals surface area contributed by atoms with Gasteiger partial charge in [-0.1, -0.05) is 40.9 Å². The summed E-state index contributed by atoms with van der Waals surface area (Å²) in [6.45, 7) is 2.95. The molecule has 1 fully saturated rings. The number of amides is 1. The minimum atomic E-state index is -3.72. The number of hydrogen-bond acceptors (Lipinski definition) is 4. The molecule has 3 rings (SSSR count). The van der Waals surface area contributed by atoms with E-state index in [1.807, 2.05) is 0 Å². The van der Waals surface area contributed by atoms with Gasteiger partial charge in [0, 0.05) is 18.7 Å². The van der Waals surface area contributed by atoms with Gasteiger partial charge < -0.3 is 10.1 Å². The Morgan fingerprint density at radius 3 is 2.36 bits per heavy atom. The Bertz CT molecular complexity index is 1020. The van der Waals surface area contributed by atoms with E-state index in [0.29, 0.717) is 18.8 Å². The zero-order valence-corrected chi connectivity index (χ0v) is 17.9. The van der Waals surface area contributed by atoms with Crippen molar-refractivity contribution >= 4 is 56.4 Å². The predicted molar refractivity (Wildman–Crippen MR) is 110 cm³/mol. The summed E-state index contributed by atoms with van der Waals surface area (Å²) in [6.07, 6.45) is 0. The molecule has 0 aliphatic carbocycles. The van der Waals surface area contributed by atoms with Crippen molar-refractivity contribution in [1.29, 1.82) is 0 Å². The van der Waals surface area contributed by atoms with E-state index in [0.717, 1.165) is 0 Å². The first-order valence-electron chi connectivity index (χ1n) is 8.34. The number of benzene rings is 2. The molecular weight excluding hydrogens is 447 g/mol. The van der Waals surface area contributed by atoms with Gasteiger partial charge in [0.05, 0.1) is 38.9 Å². The van der Waals surface area contributed by atoms with Crippen molar-refractivity contribution in [2.45, 2.75) is 11.8 Å². The number of nitrogens with one attached hydrogen (secondary N) is 1. The van der Waals surface area contributed by atoms with Gasteiger partial charge in [0.15, 0.2) is 0 Å². The number of rotatable bonds is 4. The van der Waals surface area contributed by atoms with E-state index in [1.165, 1.54) is 28.6 Å². The fourth-order valence-electron chi connectivity index (χ4n) is 2.75. The first-order chi connectivity index (χ1) is 13.2. The second-order valence-corrected chi connectivity index (χ2v) is 9.35. The van der Waals surface area contributed by atoms with Crippen molar-refractivity contribution in [2.75, 3.05) is 31.6 Å². The fourth-order valence-corrected chi connectivity index (χ4v) is 4.78. The van der Waals surface area contributed by atoms with Gasteiger partial charge in [-0.05, 0) is 36.8 Å². The van der Waals surface area contributed by atoms with E-state index < -0.39 is 15.9 Å². The minimum absolute atomic E-state index is 0.0467. The third-order valence-corrected chi connectivity index (χ3v) is 7.25. The van der Waals surface area contributed by atoms with Crippen LogP contribution in [0.2, 0.25) is 15.1 Å². The summed E-state index contributed by atoms with van der Waals surface area (Å²) in [7, 11) is -3.72. The maximum atomic E-state index is 12.9. The molecule has 10 heteroatoms. The molecule has 0 atom stereocenters. The summed E-state index contributed by atoms with van der Waals surface area (Å²) >= 11 is 18.0. The van der Waals surface area contributed by atoms with Gasteiger partial charge in [-0.2, -0.15) is 4.31 Å². The van der Waals surface area contributed by atoms with Crippen molar-refractivity contribution in [3.8, 4) is 0 Å². The van der Waals surface area contributed by atoms with E-state index in [2.05, 4.69) is 5.32 Å². The number of aryl methyl sites for hydroxylation is 1. The van der Waals surface area contributed by atoms with Crippen LogP contribution in [-0.4, -0.2) is 44.9 Å². The Kier molecular flexibility index (Phi) is 6.54. The molecule has 1 saturated heterocycles. The number of morpholine rings is 1. The Morgan fingerprint density at radius 1 is 1.04 bits per heavy atom. The second kappa shape index (κ2) is 8.57. The van der Waals surface area contributed by atoms with Crippen LogP contribution in [0.3, 0.4) is 0 Å². The molecule has 0 spiro atoms. The third-order valence-electron chi connectivity index (χ3n) is 4.32. The Morgan fingerprint density at radius 2 is 1.68 bits per heavy atom. The molecular formula is C18H17Cl3N2O4S. The summed E-state index contributed by atoms with van der Waals surface area (Å²) < 4.78 is 32.3. The smallest absolute Gasteiger partial charge is 0.256 e. The van der Waals surface area contributed by atoms with Crippen LogP contribution in [0.1, 0.15) is 15.9 Å². The normalized spacial score (nSPS) is 15.4. The first-order valence-corrected chi connectivity index (χ1v) is 10.9. The van der Waals surface area contributed by atoms with Crippen molar-refractivity contribution in [2.24, 2.45) is 0 Å². The highest BCUT2D eigenvalue weighted by molar-refractivity contribution is 7.89. The number of ether oxygens (including phenoxy) is 1. The average Bonchev–Trinajstić information content (AvgIpc) is 2.67. The zero-order valence-electron chi connectivity index (χ0n) is 14.8. The van der Waals surface area contributed by atoms with Crippen molar-refractivity contribution in [3.63, 3.8) is 0 Å². The highest BCUT2D eigenvalue weighted by atomic mass is 35.5. The third kappa shape index (κ3) is 4.45. The van der Waals surface area contributed by atoms with E-state index in [-0.39, 0.29) is 44.3 Å². The molecule has 1 aliphatic heterocycles. The van der Waals surface area contributed by atoms with Crippen LogP contribution < -0.4 is 5.32 Å². The van der Waals surface area contributed by atoms with Gasteiger partial charge in [-0.3, -0.25) is 4.79 Å². The predicted octanol–water partition coefficient (Wildman–Crippen LogP) is 4.23. The van der Waals surface area contributed by atoms with Crippen molar-refractivity contribution < 1.29 is 17.9 Å². The monoisotopic (exact) mass is 462 g/mol. The Hall–Kier alpha value is -1.35. The molecule has 0 radical (unpaired) electrons. The Labute approximate surface area is 178 Å². The van der Waals surface area contributed by atoms with E-state index in [4.69, 9.17) is 39.5 Å². The summed E-state index contributed by atoms with van der Waals surface area (Å²) in [5, 5.41) is 3.37. The lowest BCUT2D eigenvalue weighted by Crippen LogP contribution is -2.40. The number of hydrogen-bond donors (Lipinski definition) is 1. The van der Waals surface area contributed by atoms with Gasteiger partial charge in [0.25, 0.3) is 5.91 Å². The minimum Gasteiger partial charge on any atom is -0.379 e. The zero-order chi connectivity index (χ0) is 20.5. The maximum absolute atomic E-state index is 12.9. The standard InChI is InChI=1S/C18H17Cl3N2O4S/c1-11-2-3-12(28(25,26)23-4-6-27-7-5-23)8-13(11)18(24)22-17-10-15(20)14(19)9-16(17)21/h2-3,8-10H,4-7H2,1H3,(H,22,24). The van der Waals surface area contributed by atoms with Crippen LogP contribution in [0.25, 0.3) is 0 Å². The highest BCUT2D eigenvalue weighted by Gasteiger charge is 2.27. The van der Waals surface area contributed by atoms with Crippen LogP contribution in [-0.2, 0) is 14.8 Å². The second-order valence-electron chi connectivity index (χ2n) is 6.19. The van der Waals surface area contributed by atoms with E-state index in [1.54, 1.807) is 13.0 Å². The largest absolute Gasteiger partial charge is 0.379 e. The number of halogens is 3. The lowest BCUT2D eigenvalue weighted by Gasteiger charge is -2.26. The first kappa shape index (κ1) is 21.4. The molecule has 1 N–H and O–H groups in total. The average molecular weight is 464 g/mol. The Balaban J connectivity index is 1.91. The van der Waals surface area contributed by atoms with Gasteiger partial charge >= 0.3 is 0 Å². The van der Waals surface area contributed by atoms with E-state index in [9.17, 15) is 13.2 Å². The number of anilines is 1. The molecule has 6 nitrogen and oxygen atoms in total. The fraction of sp³-hybridized carbons (Fsp3) is 0.278. The quantitative estimate of drug-likeness (QED) is 0.689. The van der Waals surface area contributed by atoms with Crippen LogP contribution >= 0.6 is 34.8 Å². The number of carbonyl (C=O) groups is 1. The molecule has 0 aromatic heterocycles. The molecule has 0 saturated carbocycles. The molecule has 1 amide bonds. The van der Waals surface area contributed by atoms with Gasteiger partial charge in [-0.25, -0.2) is 8.42 Å². The molecule has 1 aliphatic rings. The topological polar surface area (TPSA) is 75.7 Å². The molecule has 0 bridgehead atoms. The molecule has 2 aromatic rings. The van der Waals surface area contributed by atoms with E-state index >= 15 is 0 Å². The van der Waals surface area contributed by atoms with Gasteiger partial charge in [-0.15, -0.1) is 0 Å². The maximum Gasteiger partial charge on any atom is 0.256 e. The lowest BCUT2D eigenvalue weighted by molar-refractivity contribution is 0.0730. The van der Waals surface area contributed by atoms with Crippen molar-refractivity contribution in [3.05, 3.63) is 56.5 Å². The highest BCUT2D eigenvalue weighted by Crippen LogP contribution is 2.32. The SMILES string of the molecule is Cc1ccc(S(=O)(=O)N2CCOCC2)cc1C(=O)Nc1cc(Cl)c(Cl)cc1Cl. The van der Waals surface area contributed by atoms with Crippen LogP contribution in [0.4, 0.5) is 5.69 Å². The van der Waals surface area contributed by atoms with Crippen LogP contribution in [0.15, 0.2) is 35.2 Å². The van der Waals surface area contributed by atoms with Gasteiger partial charge in [0.1, 0.15) is 0 Å². The summed E-state index contributed by atoms with van der Waals surface area (Å²) in [5.41, 5.74) is 1.12. The molecule has 2 aromatic carbocycles.